The zero-order valence-corrected chi connectivity index (χ0v) is 13.7. The van der Waals surface area contributed by atoms with E-state index >= 15 is 0 Å². The SMILES string of the molecule is Cc1ccc([C]2CCC([C]3CCC(C)CC3)CC2)c(F)c1F. The van der Waals surface area contributed by atoms with Crippen LogP contribution in [0.15, 0.2) is 12.1 Å². The van der Waals surface area contributed by atoms with Crippen LogP contribution in [0.2, 0.25) is 0 Å². The van der Waals surface area contributed by atoms with Gasteiger partial charge in [-0.05, 0) is 74.3 Å². The van der Waals surface area contributed by atoms with Gasteiger partial charge < -0.3 is 0 Å². The van der Waals surface area contributed by atoms with E-state index < -0.39 is 11.6 Å². The third kappa shape index (κ3) is 3.21. The first-order valence-electron chi connectivity index (χ1n) is 8.70. The first kappa shape index (κ1) is 16.0. The molecule has 0 spiro atoms. The van der Waals surface area contributed by atoms with Crippen molar-refractivity contribution in [3.63, 3.8) is 0 Å². The molecule has 0 atom stereocenters. The van der Waals surface area contributed by atoms with E-state index in [4.69, 9.17) is 0 Å². The molecule has 2 radical (unpaired) electrons. The van der Waals surface area contributed by atoms with Crippen LogP contribution in [0.4, 0.5) is 8.78 Å². The number of halogens is 2. The maximum atomic E-state index is 14.1. The Morgan fingerprint density at radius 2 is 1.50 bits per heavy atom. The van der Waals surface area contributed by atoms with Crippen LogP contribution in [0.25, 0.3) is 0 Å². The lowest BCUT2D eigenvalue weighted by Gasteiger charge is -2.36. The third-order valence-electron chi connectivity index (χ3n) is 5.74. The van der Waals surface area contributed by atoms with E-state index in [-0.39, 0.29) is 0 Å². The highest BCUT2D eigenvalue weighted by Crippen LogP contribution is 2.45. The van der Waals surface area contributed by atoms with Gasteiger partial charge in [0, 0.05) is 5.92 Å². The van der Waals surface area contributed by atoms with E-state index in [1.54, 1.807) is 25.0 Å². The number of hydrogen-bond acceptors (Lipinski definition) is 0. The number of aryl methyl sites for hydroxylation is 1. The van der Waals surface area contributed by atoms with Gasteiger partial charge in [0.05, 0.1) is 0 Å². The molecule has 0 bridgehead atoms. The molecule has 0 nitrogen and oxygen atoms in total. The highest BCUT2D eigenvalue weighted by molar-refractivity contribution is 5.36. The van der Waals surface area contributed by atoms with Gasteiger partial charge in [-0.15, -0.1) is 0 Å². The number of benzene rings is 1. The predicted octanol–water partition coefficient (Wildman–Crippen LogP) is 6.17. The summed E-state index contributed by atoms with van der Waals surface area (Å²) < 4.78 is 27.9. The van der Waals surface area contributed by atoms with Gasteiger partial charge in [0.25, 0.3) is 0 Å². The van der Waals surface area contributed by atoms with Crippen molar-refractivity contribution in [1.29, 1.82) is 0 Å². The van der Waals surface area contributed by atoms with Gasteiger partial charge in [0.15, 0.2) is 11.6 Å². The molecule has 2 heteroatoms. The fourth-order valence-corrected chi connectivity index (χ4v) is 4.10. The first-order valence-corrected chi connectivity index (χ1v) is 8.70. The Kier molecular flexibility index (Phi) is 4.84. The van der Waals surface area contributed by atoms with Gasteiger partial charge >= 0.3 is 0 Å². The zero-order valence-electron chi connectivity index (χ0n) is 13.7. The molecule has 2 fully saturated rings. The molecule has 1 aromatic rings. The molecule has 0 aromatic heterocycles. The molecule has 0 unspecified atom stereocenters. The average molecular weight is 304 g/mol. The molecule has 2 saturated carbocycles. The maximum absolute atomic E-state index is 14.1. The van der Waals surface area contributed by atoms with Crippen molar-refractivity contribution >= 4 is 0 Å². The summed E-state index contributed by atoms with van der Waals surface area (Å²) in [4.78, 5) is 0. The van der Waals surface area contributed by atoms with Crippen LogP contribution in [0.1, 0.15) is 69.4 Å². The van der Waals surface area contributed by atoms with Crippen molar-refractivity contribution in [1.82, 2.24) is 0 Å². The number of rotatable bonds is 2. The van der Waals surface area contributed by atoms with Crippen LogP contribution < -0.4 is 0 Å². The van der Waals surface area contributed by atoms with Crippen molar-refractivity contribution in [3.8, 4) is 0 Å². The standard InChI is InChI=1S/C20H26F2/c1-13-3-6-15(7-4-13)16-8-10-17(11-9-16)18-12-5-14(2)19(21)20(18)22/h5,12-13,16H,3-4,6-11H2,1-2H3. The monoisotopic (exact) mass is 304 g/mol. The van der Waals surface area contributed by atoms with Gasteiger partial charge in [-0.3, -0.25) is 0 Å². The van der Waals surface area contributed by atoms with Crippen LogP contribution in [-0.2, 0) is 0 Å². The summed E-state index contributed by atoms with van der Waals surface area (Å²) in [7, 11) is 0. The van der Waals surface area contributed by atoms with Gasteiger partial charge in [0.2, 0.25) is 0 Å². The number of hydrogen-bond donors (Lipinski definition) is 0. The molecule has 3 rings (SSSR count). The molecule has 2 aliphatic carbocycles. The zero-order chi connectivity index (χ0) is 15.7. The van der Waals surface area contributed by atoms with Crippen LogP contribution in [0, 0.1) is 42.2 Å². The fraction of sp³-hybridized carbons (Fsp3) is 0.600. The predicted molar refractivity (Wildman–Crippen MR) is 86.3 cm³/mol. The topological polar surface area (TPSA) is 0 Å². The van der Waals surface area contributed by atoms with Crippen LogP contribution in [0.3, 0.4) is 0 Å². The summed E-state index contributed by atoms with van der Waals surface area (Å²) in [6.45, 7) is 3.96. The molecule has 1 aromatic carbocycles. The Labute approximate surface area is 133 Å². The minimum absolute atomic E-state index is 0.391. The van der Waals surface area contributed by atoms with Gasteiger partial charge in [-0.25, -0.2) is 8.78 Å². The molecular formula is C20H26F2. The van der Waals surface area contributed by atoms with E-state index in [9.17, 15) is 8.78 Å². The molecule has 0 amide bonds. The molecule has 0 saturated heterocycles. The van der Waals surface area contributed by atoms with Crippen LogP contribution in [-0.4, -0.2) is 0 Å². The normalized spacial score (nSPS) is 23.1. The van der Waals surface area contributed by atoms with Crippen LogP contribution in [0.5, 0.6) is 0 Å². The van der Waals surface area contributed by atoms with E-state index in [1.165, 1.54) is 25.7 Å². The Balaban J connectivity index is 1.61. The molecule has 0 aliphatic heterocycles. The quantitative estimate of drug-likeness (QED) is 0.613. The summed E-state index contributed by atoms with van der Waals surface area (Å²) in [6.07, 6.45) is 9.32. The minimum atomic E-state index is -0.678. The van der Waals surface area contributed by atoms with E-state index in [2.05, 4.69) is 6.92 Å². The molecule has 2 aliphatic rings. The minimum Gasteiger partial charge on any atom is -0.203 e. The van der Waals surface area contributed by atoms with Crippen molar-refractivity contribution in [3.05, 3.63) is 46.7 Å². The van der Waals surface area contributed by atoms with E-state index in [1.807, 2.05) is 0 Å². The summed E-state index contributed by atoms with van der Waals surface area (Å²) in [5, 5.41) is 0. The van der Waals surface area contributed by atoms with Crippen LogP contribution >= 0.6 is 0 Å². The smallest absolute Gasteiger partial charge is 0.162 e. The molecule has 0 heterocycles. The Morgan fingerprint density at radius 1 is 0.864 bits per heavy atom. The van der Waals surface area contributed by atoms with E-state index in [0.717, 1.165) is 43.4 Å². The average Bonchev–Trinajstić information content (AvgIpc) is 2.54. The fourth-order valence-electron chi connectivity index (χ4n) is 4.10. The lowest BCUT2D eigenvalue weighted by atomic mass is 9.68. The second kappa shape index (κ2) is 6.68. The lowest BCUT2D eigenvalue weighted by molar-refractivity contribution is 0.306. The lowest BCUT2D eigenvalue weighted by Crippen LogP contribution is -2.24. The molecule has 22 heavy (non-hydrogen) atoms. The highest BCUT2D eigenvalue weighted by Gasteiger charge is 2.32. The summed E-state index contributed by atoms with van der Waals surface area (Å²) in [5.41, 5.74) is 0.909. The third-order valence-corrected chi connectivity index (χ3v) is 5.74. The Morgan fingerprint density at radius 3 is 2.14 bits per heavy atom. The Bertz CT molecular complexity index is 507. The maximum Gasteiger partial charge on any atom is 0.162 e. The van der Waals surface area contributed by atoms with Gasteiger partial charge in [0.1, 0.15) is 0 Å². The second-order valence-electron chi connectivity index (χ2n) is 7.28. The largest absolute Gasteiger partial charge is 0.203 e. The Hall–Kier alpha value is -0.920. The second-order valence-corrected chi connectivity index (χ2v) is 7.28. The highest BCUT2D eigenvalue weighted by atomic mass is 19.2. The summed E-state index contributed by atoms with van der Waals surface area (Å²) >= 11 is 0. The van der Waals surface area contributed by atoms with Crippen molar-refractivity contribution in [2.75, 3.05) is 0 Å². The first-order chi connectivity index (χ1) is 10.6. The van der Waals surface area contributed by atoms with E-state index in [0.29, 0.717) is 11.1 Å². The summed E-state index contributed by atoms with van der Waals surface area (Å²) in [5.74, 6) is 3.12. The van der Waals surface area contributed by atoms with Crippen molar-refractivity contribution in [2.45, 2.75) is 65.2 Å². The molecule has 0 N–H and O–H groups in total. The molecule has 120 valence electrons. The van der Waals surface area contributed by atoms with Gasteiger partial charge in [-0.1, -0.05) is 31.9 Å². The summed E-state index contributed by atoms with van der Waals surface area (Å²) in [6, 6.07) is 3.46. The van der Waals surface area contributed by atoms with Gasteiger partial charge in [-0.2, -0.15) is 0 Å². The van der Waals surface area contributed by atoms with Crippen molar-refractivity contribution in [2.24, 2.45) is 11.8 Å². The molecular weight excluding hydrogens is 278 g/mol. The van der Waals surface area contributed by atoms with Crippen molar-refractivity contribution < 1.29 is 8.78 Å².